The van der Waals surface area contributed by atoms with Crippen LogP contribution in [0.2, 0.25) is 0 Å². The maximum Gasteiger partial charge on any atom is 0.424 e. The Morgan fingerprint density at radius 2 is 2.03 bits per heavy atom. The minimum Gasteiger partial charge on any atom is -0.374 e. The molecule has 1 aromatic heterocycles. The van der Waals surface area contributed by atoms with Gasteiger partial charge in [-0.25, -0.2) is 4.98 Å². The molecule has 180 valence electrons. The second-order valence-electron chi connectivity index (χ2n) is 7.75. The summed E-state index contributed by atoms with van der Waals surface area (Å²) in [4.78, 5) is 10.4. The first-order valence-corrected chi connectivity index (χ1v) is 10.8. The summed E-state index contributed by atoms with van der Waals surface area (Å²) in [5, 5.41) is 16.7. The fourth-order valence-corrected chi connectivity index (χ4v) is 3.95. The number of likely N-dealkylation sites (tertiary alicyclic amines) is 1. The molecule has 0 radical (unpaired) electrons. The van der Waals surface area contributed by atoms with E-state index in [9.17, 15) is 18.3 Å². The van der Waals surface area contributed by atoms with Crippen LogP contribution in [-0.4, -0.2) is 70.5 Å². The van der Waals surface area contributed by atoms with Crippen LogP contribution >= 0.6 is 24.0 Å². The molecule has 1 aromatic rings. The molecular weight excluding hydrogens is 524 g/mol. The van der Waals surface area contributed by atoms with E-state index in [1.807, 2.05) is 6.92 Å². The first kappa shape index (κ1) is 28.0. The smallest absolute Gasteiger partial charge is 0.374 e. The highest BCUT2D eigenvalue weighted by molar-refractivity contribution is 14.0. The summed E-state index contributed by atoms with van der Waals surface area (Å²) >= 11 is 0. The molecule has 0 saturated carbocycles. The number of nitrogens with one attached hydrogen (secondary N) is 2. The summed E-state index contributed by atoms with van der Waals surface area (Å²) in [5.41, 5.74) is -3.05. The molecule has 11 heteroatoms. The van der Waals surface area contributed by atoms with Crippen molar-refractivity contribution in [2.45, 2.75) is 63.8 Å². The molecule has 0 aliphatic carbocycles. The Kier molecular flexibility index (Phi) is 11.6. The summed E-state index contributed by atoms with van der Waals surface area (Å²) in [5.74, 6) is 0.0192. The molecule has 1 saturated heterocycles. The highest BCUT2D eigenvalue weighted by Gasteiger charge is 2.57. The first-order valence-electron chi connectivity index (χ1n) is 10.8. The molecule has 1 fully saturated rings. The number of aliphatic hydroxyl groups is 1. The Labute approximate surface area is 199 Å². The van der Waals surface area contributed by atoms with Crippen LogP contribution in [0.1, 0.15) is 51.8 Å². The number of aliphatic imine (C=N–C) groups is 1. The van der Waals surface area contributed by atoms with Crippen molar-refractivity contribution in [1.29, 1.82) is 0 Å². The molecule has 0 spiro atoms. The van der Waals surface area contributed by atoms with Crippen molar-refractivity contribution >= 4 is 29.9 Å². The van der Waals surface area contributed by atoms with Crippen molar-refractivity contribution in [3.8, 4) is 0 Å². The van der Waals surface area contributed by atoms with Gasteiger partial charge in [0.2, 0.25) is 5.60 Å². The first-order chi connectivity index (χ1) is 14.2. The lowest BCUT2D eigenvalue weighted by molar-refractivity contribution is -0.272. The third-order valence-corrected chi connectivity index (χ3v) is 5.66. The van der Waals surface area contributed by atoms with Crippen LogP contribution in [0.3, 0.4) is 0 Å². The zero-order valence-corrected chi connectivity index (χ0v) is 20.9. The van der Waals surface area contributed by atoms with E-state index in [4.69, 9.17) is 0 Å². The van der Waals surface area contributed by atoms with Crippen LogP contribution in [0.25, 0.3) is 0 Å². The zero-order chi connectivity index (χ0) is 22.2. The molecular formula is C20H36F3IN6O. The maximum atomic E-state index is 13.6. The lowest BCUT2D eigenvalue weighted by Crippen LogP contribution is -2.46. The highest BCUT2D eigenvalue weighted by Crippen LogP contribution is 2.40. The summed E-state index contributed by atoms with van der Waals surface area (Å²) in [6.45, 7) is 7.10. The minimum atomic E-state index is -4.85. The quantitative estimate of drug-likeness (QED) is 0.246. The van der Waals surface area contributed by atoms with E-state index in [1.165, 1.54) is 43.3 Å². The molecule has 31 heavy (non-hydrogen) atoms. The van der Waals surface area contributed by atoms with Crippen molar-refractivity contribution in [2.24, 2.45) is 12.0 Å². The van der Waals surface area contributed by atoms with Crippen LogP contribution in [-0.2, 0) is 12.6 Å². The lowest BCUT2D eigenvalue weighted by atomic mass is 9.98. The molecule has 1 aliphatic rings. The highest BCUT2D eigenvalue weighted by atomic mass is 127. The molecule has 3 N–H and O–H groups in total. The second-order valence-corrected chi connectivity index (χ2v) is 7.75. The Morgan fingerprint density at radius 1 is 1.29 bits per heavy atom. The monoisotopic (exact) mass is 560 g/mol. The van der Waals surface area contributed by atoms with Gasteiger partial charge in [-0.1, -0.05) is 13.3 Å². The van der Waals surface area contributed by atoms with Gasteiger partial charge in [0.05, 0.1) is 0 Å². The van der Waals surface area contributed by atoms with E-state index < -0.39 is 24.0 Å². The molecule has 2 heterocycles. The number of nitrogens with zero attached hydrogens (tertiary/aromatic N) is 4. The number of aryl methyl sites for hydroxylation is 1. The van der Waals surface area contributed by atoms with Gasteiger partial charge in [0.15, 0.2) is 5.96 Å². The van der Waals surface area contributed by atoms with E-state index in [-0.39, 0.29) is 30.5 Å². The number of aromatic nitrogens is 2. The molecule has 2 rings (SSSR count). The number of rotatable bonds is 9. The third kappa shape index (κ3) is 7.48. The van der Waals surface area contributed by atoms with Crippen molar-refractivity contribution in [2.75, 3.05) is 32.7 Å². The van der Waals surface area contributed by atoms with Gasteiger partial charge in [0, 0.05) is 58.1 Å². The standard InChI is InChI=1S/C20H35F3N6O.HI/c1-4-16-8-6-7-13-29(16)15-12-27-18(24-5-2)26-10-9-19(30,20(21,22)23)17-25-11-14-28(17)3;/h11,14,16,30H,4-10,12-13,15H2,1-3H3,(H2,24,26,27);1H. The molecule has 0 bridgehead atoms. The summed E-state index contributed by atoms with van der Waals surface area (Å²) < 4.78 is 42.0. The van der Waals surface area contributed by atoms with Gasteiger partial charge in [-0.05, 0) is 32.7 Å². The summed E-state index contributed by atoms with van der Waals surface area (Å²) in [6, 6.07) is 0.597. The van der Waals surface area contributed by atoms with Crippen LogP contribution in [0, 0.1) is 0 Å². The van der Waals surface area contributed by atoms with Gasteiger partial charge in [0.25, 0.3) is 0 Å². The number of guanidine groups is 1. The fourth-order valence-electron chi connectivity index (χ4n) is 3.95. The molecule has 2 unspecified atom stereocenters. The number of imidazole rings is 1. The van der Waals surface area contributed by atoms with Crippen molar-refractivity contribution in [1.82, 2.24) is 25.1 Å². The zero-order valence-electron chi connectivity index (χ0n) is 18.6. The number of halogens is 4. The van der Waals surface area contributed by atoms with E-state index in [0.29, 0.717) is 25.1 Å². The second kappa shape index (κ2) is 12.8. The summed E-state index contributed by atoms with van der Waals surface area (Å²) in [6.07, 6.45) is 1.97. The van der Waals surface area contributed by atoms with Crippen LogP contribution < -0.4 is 10.6 Å². The lowest BCUT2D eigenvalue weighted by Gasteiger charge is -2.35. The van der Waals surface area contributed by atoms with Gasteiger partial charge in [-0.2, -0.15) is 13.2 Å². The minimum absolute atomic E-state index is 0. The fraction of sp³-hybridized carbons (Fsp3) is 0.800. The van der Waals surface area contributed by atoms with Gasteiger partial charge in [0.1, 0.15) is 5.82 Å². The number of piperidine rings is 1. The van der Waals surface area contributed by atoms with E-state index in [2.05, 4.69) is 32.4 Å². The van der Waals surface area contributed by atoms with Crippen LogP contribution in [0.5, 0.6) is 0 Å². The van der Waals surface area contributed by atoms with Gasteiger partial charge < -0.3 is 20.3 Å². The van der Waals surface area contributed by atoms with Crippen molar-refractivity contribution in [3.63, 3.8) is 0 Å². The van der Waals surface area contributed by atoms with Crippen LogP contribution in [0.15, 0.2) is 17.4 Å². The average molecular weight is 560 g/mol. The molecule has 7 nitrogen and oxygen atoms in total. The number of hydrogen-bond donors (Lipinski definition) is 3. The van der Waals surface area contributed by atoms with Gasteiger partial charge >= 0.3 is 6.18 Å². The SMILES string of the molecule is CCNC(=NCCC(O)(c1nccn1C)C(F)(F)F)NCCN1CCCCC1CC.I. The van der Waals surface area contributed by atoms with Crippen LogP contribution in [0.4, 0.5) is 13.2 Å². The molecule has 0 aromatic carbocycles. The Hall–Kier alpha value is -1.08. The predicted molar refractivity (Wildman–Crippen MR) is 127 cm³/mol. The van der Waals surface area contributed by atoms with Crippen molar-refractivity contribution < 1.29 is 18.3 Å². The predicted octanol–water partition coefficient (Wildman–Crippen LogP) is 3.00. The largest absolute Gasteiger partial charge is 0.424 e. The molecule has 2 atom stereocenters. The van der Waals surface area contributed by atoms with E-state index >= 15 is 0 Å². The molecule has 1 aliphatic heterocycles. The third-order valence-electron chi connectivity index (χ3n) is 5.66. The Bertz CT molecular complexity index is 684. The Morgan fingerprint density at radius 3 is 2.61 bits per heavy atom. The van der Waals surface area contributed by atoms with E-state index in [0.717, 1.165) is 19.5 Å². The summed E-state index contributed by atoms with van der Waals surface area (Å²) in [7, 11) is 1.43. The topological polar surface area (TPSA) is 77.7 Å². The molecule has 0 amide bonds. The van der Waals surface area contributed by atoms with Crippen molar-refractivity contribution in [3.05, 3.63) is 18.2 Å². The Balaban J connectivity index is 0.00000480. The number of alkyl halides is 3. The van der Waals surface area contributed by atoms with Gasteiger partial charge in [-0.3, -0.25) is 9.89 Å². The normalized spacial score (nSPS) is 20.1. The maximum absolute atomic E-state index is 13.6. The van der Waals surface area contributed by atoms with Gasteiger partial charge in [-0.15, -0.1) is 24.0 Å². The average Bonchev–Trinajstić information content (AvgIpc) is 3.13. The number of hydrogen-bond acceptors (Lipinski definition) is 4. The van der Waals surface area contributed by atoms with E-state index in [1.54, 1.807) is 0 Å².